The van der Waals surface area contributed by atoms with Crippen molar-refractivity contribution in [1.29, 1.82) is 0 Å². The van der Waals surface area contributed by atoms with Crippen molar-refractivity contribution in [2.24, 2.45) is 0 Å². The van der Waals surface area contributed by atoms with Gasteiger partial charge in [-0.3, -0.25) is 4.57 Å². The fourth-order valence-corrected chi connectivity index (χ4v) is 3.55. The molecule has 30 heavy (non-hydrogen) atoms. The van der Waals surface area contributed by atoms with Gasteiger partial charge in [0.2, 0.25) is 5.82 Å². The molecule has 5 rings (SSSR count). The maximum absolute atomic E-state index is 12.4. The standard InChI is InChI=1S/C20H18N8O.ClH/c1-11-7-8-21-19-16(11)23-20(29)28(19)10-13-3-5-14(6-4-13)15-9-12(2)22-17(15)18-24-26-27-25-18;/h3-9,22H,10H2,1-2H3,(H,23,29)(H,24,25,26,27);1H. The van der Waals surface area contributed by atoms with Crippen LogP contribution in [0.2, 0.25) is 0 Å². The van der Waals surface area contributed by atoms with Gasteiger partial charge in [0, 0.05) is 17.5 Å². The maximum atomic E-state index is 12.4. The SMILES string of the molecule is Cc1cc(-c2ccc(Cn3c(=O)[nH]c4c(C)ccnc43)cc2)c(-c2nn[nH]n2)[nH]1.Cl. The fraction of sp³-hybridized carbons (Fsp3) is 0.150. The molecular formula is C20H19ClN8O. The number of aromatic amines is 3. The molecule has 0 saturated heterocycles. The number of imidazole rings is 1. The van der Waals surface area contributed by atoms with Crippen molar-refractivity contribution in [3.05, 3.63) is 69.9 Å². The first-order chi connectivity index (χ1) is 14.1. The molecule has 3 N–H and O–H groups in total. The van der Waals surface area contributed by atoms with Crippen LogP contribution in [0.25, 0.3) is 33.8 Å². The smallest absolute Gasteiger partial charge is 0.327 e. The largest absolute Gasteiger partial charge is 0.355 e. The molecule has 0 spiro atoms. The van der Waals surface area contributed by atoms with Crippen molar-refractivity contribution in [3.63, 3.8) is 0 Å². The van der Waals surface area contributed by atoms with Gasteiger partial charge in [0.25, 0.3) is 0 Å². The van der Waals surface area contributed by atoms with E-state index in [0.717, 1.165) is 39.2 Å². The Hall–Kier alpha value is -3.72. The third kappa shape index (κ3) is 3.29. The number of nitrogens with one attached hydrogen (secondary N) is 3. The van der Waals surface area contributed by atoms with E-state index in [1.807, 2.05) is 44.2 Å². The average Bonchev–Trinajstić information content (AvgIpc) is 3.43. The number of benzene rings is 1. The number of hydrogen-bond acceptors (Lipinski definition) is 5. The van der Waals surface area contributed by atoms with E-state index >= 15 is 0 Å². The summed E-state index contributed by atoms with van der Waals surface area (Å²) in [5, 5.41) is 14.3. The van der Waals surface area contributed by atoms with Crippen LogP contribution in [0, 0.1) is 13.8 Å². The fourth-order valence-electron chi connectivity index (χ4n) is 3.55. The molecule has 0 unspecified atom stereocenters. The number of rotatable bonds is 4. The van der Waals surface area contributed by atoms with Crippen molar-refractivity contribution >= 4 is 23.6 Å². The Labute approximate surface area is 177 Å². The van der Waals surface area contributed by atoms with Crippen LogP contribution in [0.1, 0.15) is 16.8 Å². The number of aryl methyl sites for hydroxylation is 2. The molecule has 0 saturated carbocycles. The maximum Gasteiger partial charge on any atom is 0.327 e. The second-order valence-corrected chi connectivity index (χ2v) is 7.02. The zero-order valence-electron chi connectivity index (χ0n) is 16.3. The summed E-state index contributed by atoms with van der Waals surface area (Å²) in [5.74, 6) is 0.518. The van der Waals surface area contributed by atoms with Crippen LogP contribution in [0.4, 0.5) is 0 Å². The molecule has 0 radical (unpaired) electrons. The van der Waals surface area contributed by atoms with Crippen LogP contribution >= 0.6 is 12.4 Å². The van der Waals surface area contributed by atoms with Crippen LogP contribution in [0.5, 0.6) is 0 Å². The molecule has 4 aromatic heterocycles. The van der Waals surface area contributed by atoms with E-state index in [1.54, 1.807) is 10.8 Å². The molecule has 0 bridgehead atoms. The molecule has 0 aliphatic heterocycles. The van der Waals surface area contributed by atoms with Crippen molar-refractivity contribution in [2.75, 3.05) is 0 Å². The second kappa shape index (κ2) is 7.60. The summed E-state index contributed by atoms with van der Waals surface area (Å²) in [6.07, 6.45) is 1.72. The molecule has 0 atom stereocenters. The molecule has 0 amide bonds. The first-order valence-electron chi connectivity index (χ1n) is 9.17. The number of halogens is 1. The summed E-state index contributed by atoms with van der Waals surface area (Å²) in [6.45, 7) is 4.39. The molecular weight excluding hydrogens is 404 g/mol. The molecule has 4 heterocycles. The van der Waals surface area contributed by atoms with Gasteiger partial charge >= 0.3 is 5.69 Å². The van der Waals surface area contributed by atoms with Crippen molar-refractivity contribution in [3.8, 4) is 22.6 Å². The van der Waals surface area contributed by atoms with Gasteiger partial charge in [-0.05, 0) is 47.9 Å². The third-order valence-corrected chi connectivity index (χ3v) is 5.00. The molecule has 152 valence electrons. The summed E-state index contributed by atoms with van der Waals surface area (Å²) >= 11 is 0. The zero-order valence-corrected chi connectivity index (χ0v) is 17.1. The lowest BCUT2D eigenvalue weighted by Gasteiger charge is -2.06. The molecule has 0 fully saturated rings. The van der Waals surface area contributed by atoms with E-state index in [1.165, 1.54) is 0 Å². The minimum absolute atomic E-state index is 0. The molecule has 0 aliphatic carbocycles. The lowest BCUT2D eigenvalue weighted by atomic mass is 10.0. The Balaban J connectivity index is 0.00000218. The van der Waals surface area contributed by atoms with Crippen LogP contribution in [0.15, 0.2) is 47.4 Å². The molecule has 0 aliphatic rings. The molecule has 1 aromatic carbocycles. The van der Waals surface area contributed by atoms with E-state index in [9.17, 15) is 4.79 Å². The van der Waals surface area contributed by atoms with Crippen LogP contribution in [-0.2, 0) is 6.54 Å². The monoisotopic (exact) mass is 422 g/mol. The zero-order chi connectivity index (χ0) is 20.0. The number of fused-ring (bicyclic) bond motifs is 1. The highest BCUT2D eigenvalue weighted by Crippen LogP contribution is 2.30. The van der Waals surface area contributed by atoms with Gasteiger partial charge in [0.15, 0.2) is 5.65 Å². The third-order valence-electron chi connectivity index (χ3n) is 5.00. The van der Waals surface area contributed by atoms with E-state index < -0.39 is 0 Å². The number of tetrazole rings is 1. The minimum Gasteiger partial charge on any atom is -0.355 e. The highest BCUT2D eigenvalue weighted by atomic mass is 35.5. The minimum atomic E-state index is -0.161. The Morgan fingerprint density at radius 2 is 1.87 bits per heavy atom. The summed E-state index contributed by atoms with van der Waals surface area (Å²) in [6, 6.07) is 12.0. The molecule has 10 heteroatoms. The lowest BCUT2D eigenvalue weighted by Crippen LogP contribution is -2.17. The van der Waals surface area contributed by atoms with Crippen molar-refractivity contribution < 1.29 is 0 Å². The van der Waals surface area contributed by atoms with Crippen molar-refractivity contribution in [1.82, 2.24) is 40.1 Å². The van der Waals surface area contributed by atoms with Gasteiger partial charge in [-0.15, -0.1) is 22.6 Å². The van der Waals surface area contributed by atoms with Gasteiger partial charge in [0.1, 0.15) is 0 Å². The Morgan fingerprint density at radius 1 is 1.07 bits per heavy atom. The first-order valence-corrected chi connectivity index (χ1v) is 9.17. The second-order valence-electron chi connectivity index (χ2n) is 7.02. The molecule has 9 nitrogen and oxygen atoms in total. The summed E-state index contributed by atoms with van der Waals surface area (Å²) < 4.78 is 1.66. The van der Waals surface area contributed by atoms with Crippen LogP contribution in [0.3, 0.4) is 0 Å². The predicted octanol–water partition coefficient (Wildman–Crippen LogP) is 2.99. The number of pyridine rings is 1. The highest BCUT2D eigenvalue weighted by molar-refractivity contribution is 5.85. The van der Waals surface area contributed by atoms with E-state index in [2.05, 4.69) is 41.6 Å². The number of hydrogen-bond donors (Lipinski definition) is 3. The lowest BCUT2D eigenvalue weighted by molar-refractivity contribution is 0.778. The van der Waals surface area contributed by atoms with E-state index in [4.69, 9.17) is 0 Å². The quantitative estimate of drug-likeness (QED) is 0.411. The van der Waals surface area contributed by atoms with Gasteiger partial charge in [-0.25, -0.2) is 9.78 Å². The van der Waals surface area contributed by atoms with Crippen LogP contribution < -0.4 is 5.69 Å². The Kier molecular flexibility index (Phi) is 4.96. The predicted molar refractivity (Wildman–Crippen MR) is 116 cm³/mol. The van der Waals surface area contributed by atoms with Gasteiger partial charge in [-0.2, -0.15) is 5.21 Å². The highest BCUT2D eigenvalue weighted by Gasteiger charge is 2.15. The van der Waals surface area contributed by atoms with E-state index in [0.29, 0.717) is 18.0 Å². The summed E-state index contributed by atoms with van der Waals surface area (Å²) in [7, 11) is 0. The van der Waals surface area contributed by atoms with Gasteiger partial charge in [0.05, 0.1) is 17.8 Å². The Bertz CT molecular complexity index is 1360. The first kappa shape index (κ1) is 19.6. The van der Waals surface area contributed by atoms with Crippen molar-refractivity contribution in [2.45, 2.75) is 20.4 Å². The van der Waals surface area contributed by atoms with Gasteiger partial charge in [-0.1, -0.05) is 24.3 Å². The normalized spacial score (nSPS) is 11.0. The number of nitrogens with zero attached hydrogens (tertiary/aromatic N) is 5. The van der Waals surface area contributed by atoms with Gasteiger partial charge < -0.3 is 9.97 Å². The number of H-pyrrole nitrogens is 3. The number of aromatic nitrogens is 8. The average molecular weight is 423 g/mol. The van der Waals surface area contributed by atoms with Crippen LogP contribution in [-0.4, -0.2) is 40.1 Å². The summed E-state index contributed by atoms with van der Waals surface area (Å²) in [5.41, 5.74) is 7.14. The summed E-state index contributed by atoms with van der Waals surface area (Å²) in [4.78, 5) is 23.0. The van der Waals surface area contributed by atoms with E-state index in [-0.39, 0.29) is 18.1 Å². The Morgan fingerprint density at radius 3 is 2.60 bits per heavy atom. The topological polar surface area (TPSA) is 121 Å². The molecule has 5 aromatic rings.